The van der Waals surface area contributed by atoms with Crippen LogP contribution in [0.5, 0.6) is 0 Å². The average Bonchev–Trinajstić information content (AvgIpc) is 3.28. The van der Waals surface area contributed by atoms with Gasteiger partial charge in [-0.1, -0.05) is 26.0 Å². The number of nitrogens with one attached hydrogen (secondary N) is 2. The van der Waals surface area contributed by atoms with E-state index in [0.29, 0.717) is 6.54 Å². The van der Waals surface area contributed by atoms with E-state index in [4.69, 9.17) is 5.73 Å². The maximum Gasteiger partial charge on any atom is 0.237 e. The Labute approximate surface area is 125 Å². The Balaban J connectivity index is 1.88. The molecule has 1 aliphatic carbocycles. The Morgan fingerprint density at radius 3 is 2.67 bits per heavy atom. The highest BCUT2D eigenvalue weighted by atomic mass is 16.2. The molecule has 0 unspecified atom stereocenters. The standard InChI is InChI=1S/C16H23N3O2/c1-10(2)14(17)16(21)18-9-11-4-3-5-13(8-11)19-15(20)12-6-7-12/h3-5,8,10,12,14H,6-7,9,17H2,1-2H3,(H,18,21)(H,19,20)/t14-/m0/s1. The summed E-state index contributed by atoms with van der Waals surface area (Å²) in [6.45, 7) is 4.24. The number of hydrogen-bond donors (Lipinski definition) is 3. The molecule has 0 radical (unpaired) electrons. The zero-order valence-corrected chi connectivity index (χ0v) is 12.6. The molecule has 0 aliphatic heterocycles. The average molecular weight is 289 g/mol. The van der Waals surface area contributed by atoms with Gasteiger partial charge in [-0.3, -0.25) is 9.59 Å². The van der Waals surface area contributed by atoms with Crippen LogP contribution in [0.1, 0.15) is 32.3 Å². The van der Waals surface area contributed by atoms with Crippen LogP contribution in [0.2, 0.25) is 0 Å². The molecular weight excluding hydrogens is 266 g/mol. The predicted octanol–water partition coefficient (Wildman–Crippen LogP) is 1.63. The van der Waals surface area contributed by atoms with E-state index in [-0.39, 0.29) is 23.7 Å². The number of rotatable bonds is 6. The van der Waals surface area contributed by atoms with E-state index in [9.17, 15) is 9.59 Å². The van der Waals surface area contributed by atoms with Crippen LogP contribution in [0.4, 0.5) is 5.69 Å². The van der Waals surface area contributed by atoms with Gasteiger partial charge in [-0.25, -0.2) is 0 Å². The van der Waals surface area contributed by atoms with Crippen molar-refractivity contribution in [2.24, 2.45) is 17.6 Å². The van der Waals surface area contributed by atoms with Crippen LogP contribution in [0, 0.1) is 11.8 Å². The summed E-state index contributed by atoms with van der Waals surface area (Å²) in [5.74, 6) is 0.210. The lowest BCUT2D eigenvalue weighted by molar-refractivity contribution is -0.123. The lowest BCUT2D eigenvalue weighted by atomic mass is 10.0. The predicted molar refractivity (Wildman–Crippen MR) is 82.5 cm³/mol. The number of carbonyl (C=O) groups excluding carboxylic acids is 2. The zero-order chi connectivity index (χ0) is 15.4. The molecule has 1 aromatic carbocycles. The Bertz CT molecular complexity index is 524. The second-order valence-electron chi connectivity index (χ2n) is 5.95. The van der Waals surface area contributed by atoms with E-state index in [1.807, 2.05) is 38.1 Å². The van der Waals surface area contributed by atoms with Gasteiger partial charge in [0.25, 0.3) is 0 Å². The third-order valence-electron chi connectivity index (χ3n) is 3.63. The molecule has 5 nitrogen and oxygen atoms in total. The molecule has 114 valence electrons. The highest BCUT2D eigenvalue weighted by Crippen LogP contribution is 2.30. The molecular formula is C16H23N3O2. The fourth-order valence-electron chi connectivity index (χ4n) is 1.96. The lowest BCUT2D eigenvalue weighted by Gasteiger charge is -2.15. The minimum absolute atomic E-state index is 0.0815. The second-order valence-corrected chi connectivity index (χ2v) is 5.95. The fourth-order valence-corrected chi connectivity index (χ4v) is 1.96. The van der Waals surface area contributed by atoms with Crippen LogP contribution in [-0.2, 0) is 16.1 Å². The molecule has 0 heterocycles. The molecule has 2 amide bonds. The first kappa shape index (κ1) is 15.5. The van der Waals surface area contributed by atoms with Crippen molar-refractivity contribution >= 4 is 17.5 Å². The third-order valence-corrected chi connectivity index (χ3v) is 3.63. The molecule has 0 spiro atoms. The Hall–Kier alpha value is -1.88. The van der Waals surface area contributed by atoms with Gasteiger partial charge in [0.15, 0.2) is 0 Å². The summed E-state index contributed by atoms with van der Waals surface area (Å²) < 4.78 is 0. The third kappa shape index (κ3) is 4.56. The van der Waals surface area contributed by atoms with Crippen molar-refractivity contribution in [3.8, 4) is 0 Å². The van der Waals surface area contributed by atoms with Crippen molar-refractivity contribution in [2.75, 3.05) is 5.32 Å². The molecule has 0 aromatic heterocycles. The first-order valence-electron chi connectivity index (χ1n) is 7.40. The topological polar surface area (TPSA) is 84.2 Å². The highest BCUT2D eigenvalue weighted by Gasteiger charge is 2.29. The van der Waals surface area contributed by atoms with Crippen LogP contribution in [0.3, 0.4) is 0 Å². The molecule has 1 fully saturated rings. The van der Waals surface area contributed by atoms with Crippen LogP contribution in [0.15, 0.2) is 24.3 Å². The molecule has 2 rings (SSSR count). The quantitative estimate of drug-likeness (QED) is 0.744. The van der Waals surface area contributed by atoms with Gasteiger partial charge in [-0.15, -0.1) is 0 Å². The van der Waals surface area contributed by atoms with Gasteiger partial charge in [0.05, 0.1) is 6.04 Å². The van der Waals surface area contributed by atoms with E-state index < -0.39 is 6.04 Å². The second kappa shape index (κ2) is 6.72. The molecule has 0 saturated heterocycles. The maximum atomic E-state index is 11.8. The SMILES string of the molecule is CC(C)[C@H](N)C(=O)NCc1cccc(NC(=O)C2CC2)c1. The molecule has 4 N–H and O–H groups in total. The largest absolute Gasteiger partial charge is 0.351 e. The smallest absolute Gasteiger partial charge is 0.237 e. The molecule has 1 aromatic rings. The van der Waals surface area contributed by atoms with Crippen molar-refractivity contribution in [1.82, 2.24) is 5.32 Å². The summed E-state index contributed by atoms with van der Waals surface area (Å²) in [4.78, 5) is 23.5. The van der Waals surface area contributed by atoms with Crippen LogP contribution < -0.4 is 16.4 Å². The monoisotopic (exact) mass is 289 g/mol. The zero-order valence-electron chi connectivity index (χ0n) is 12.6. The van der Waals surface area contributed by atoms with Gasteiger partial charge < -0.3 is 16.4 Å². The van der Waals surface area contributed by atoms with Crippen molar-refractivity contribution < 1.29 is 9.59 Å². The van der Waals surface area contributed by atoms with E-state index in [1.165, 1.54) is 0 Å². The van der Waals surface area contributed by atoms with E-state index in [0.717, 1.165) is 24.1 Å². The molecule has 1 aliphatic rings. The molecule has 1 saturated carbocycles. The summed E-state index contributed by atoms with van der Waals surface area (Å²) in [5.41, 5.74) is 7.50. The molecule has 1 atom stereocenters. The Morgan fingerprint density at radius 2 is 2.05 bits per heavy atom. The van der Waals surface area contributed by atoms with Gasteiger partial charge in [-0.2, -0.15) is 0 Å². The first-order chi connectivity index (χ1) is 9.97. The molecule has 0 bridgehead atoms. The maximum absolute atomic E-state index is 11.8. The summed E-state index contributed by atoms with van der Waals surface area (Å²) in [7, 11) is 0. The first-order valence-corrected chi connectivity index (χ1v) is 7.40. The minimum Gasteiger partial charge on any atom is -0.351 e. The molecule has 21 heavy (non-hydrogen) atoms. The number of hydrogen-bond acceptors (Lipinski definition) is 3. The van der Waals surface area contributed by atoms with Gasteiger partial charge in [0.1, 0.15) is 0 Å². The summed E-state index contributed by atoms with van der Waals surface area (Å²) >= 11 is 0. The summed E-state index contributed by atoms with van der Waals surface area (Å²) in [5, 5.41) is 5.72. The van der Waals surface area contributed by atoms with Crippen molar-refractivity contribution in [3.63, 3.8) is 0 Å². The number of anilines is 1. The van der Waals surface area contributed by atoms with Gasteiger partial charge in [-0.05, 0) is 36.5 Å². The van der Waals surface area contributed by atoms with Crippen molar-refractivity contribution in [2.45, 2.75) is 39.3 Å². The van der Waals surface area contributed by atoms with Gasteiger partial charge in [0.2, 0.25) is 11.8 Å². The fraction of sp³-hybridized carbons (Fsp3) is 0.500. The lowest BCUT2D eigenvalue weighted by Crippen LogP contribution is -2.43. The van der Waals surface area contributed by atoms with Gasteiger partial charge >= 0.3 is 0 Å². The Morgan fingerprint density at radius 1 is 1.33 bits per heavy atom. The van der Waals surface area contributed by atoms with Crippen LogP contribution >= 0.6 is 0 Å². The number of amides is 2. The number of carbonyl (C=O) groups is 2. The van der Waals surface area contributed by atoms with Crippen LogP contribution in [-0.4, -0.2) is 17.9 Å². The van der Waals surface area contributed by atoms with Crippen LogP contribution in [0.25, 0.3) is 0 Å². The Kier molecular flexibility index (Phi) is 4.96. The van der Waals surface area contributed by atoms with E-state index >= 15 is 0 Å². The summed E-state index contributed by atoms with van der Waals surface area (Å²) in [6.07, 6.45) is 1.96. The van der Waals surface area contributed by atoms with Crippen molar-refractivity contribution in [1.29, 1.82) is 0 Å². The summed E-state index contributed by atoms with van der Waals surface area (Å²) in [6, 6.07) is 7.01. The highest BCUT2D eigenvalue weighted by molar-refractivity contribution is 5.94. The van der Waals surface area contributed by atoms with Crippen molar-refractivity contribution in [3.05, 3.63) is 29.8 Å². The normalized spacial score (nSPS) is 15.6. The number of benzene rings is 1. The molecule has 5 heteroatoms. The van der Waals surface area contributed by atoms with Gasteiger partial charge in [0, 0.05) is 18.2 Å². The van der Waals surface area contributed by atoms with E-state index in [1.54, 1.807) is 0 Å². The minimum atomic E-state index is -0.497. The number of nitrogens with two attached hydrogens (primary N) is 1. The van der Waals surface area contributed by atoms with E-state index in [2.05, 4.69) is 10.6 Å².